The predicted octanol–water partition coefficient (Wildman–Crippen LogP) is 3.76. The van der Waals surface area contributed by atoms with Crippen LogP contribution in [-0.2, 0) is 4.74 Å². The summed E-state index contributed by atoms with van der Waals surface area (Å²) in [5, 5.41) is 5.51. The molecule has 0 unspecified atom stereocenters. The lowest BCUT2D eigenvalue weighted by atomic mass is 9.89. The van der Waals surface area contributed by atoms with Gasteiger partial charge in [-0.2, -0.15) is 4.98 Å². The molecule has 130 valence electrons. The van der Waals surface area contributed by atoms with Gasteiger partial charge in [0.15, 0.2) is 0 Å². The molecule has 0 spiro atoms. The first-order chi connectivity index (χ1) is 12.8. The Labute approximate surface area is 150 Å². The molecule has 5 rings (SSSR count). The van der Waals surface area contributed by atoms with Crippen LogP contribution in [0.1, 0.15) is 12.8 Å². The van der Waals surface area contributed by atoms with Crippen molar-refractivity contribution in [1.82, 2.24) is 19.9 Å². The summed E-state index contributed by atoms with van der Waals surface area (Å²) in [6.45, 7) is 0. The van der Waals surface area contributed by atoms with Gasteiger partial charge in [-0.1, -0.05) is 12.1 Å². The zero-order valence-corrected chi connectivity index (χ0v) is 14.4. The number of fused-ring (bicyclic) bond motifs is 2. The Morgan fingerprint density at radius 1 is 1.19 bits per heavy atom. The van der Waals surface area contributed by atoms with Gasteiger partial charge in [-0.3, -0.25) is 4.98 Å². The minimum absolute atomic E-state index is 0.357. The summed E-state index contributed by atoms with van der Waals surface area (Å²) in [5.74, 6) is 0.660. The van der Waals surface area contributed by atoms with E-state index < -0.39 is 0 Å². The largest absolute Gasteiger partial charge is 0.381 e. The smallest absolute Gasteiger partial charge is 0.224 e. The summed E-state index contributed by atoms with van der Waals surface area (Å²) >= 11 is 0. The van der Waals surface area contributed by atoms with Crippen molar-refractivity contribution >= 4 is 27.9 Å². The van der Waals surface area contributed by atoms with Gasteiger partial charge in [0.05, 0.1) is 11.6 Å². The third-order valence-corrected chi connectivity index (χ3v) is 5.11. The predicted molar refractivity (Wildman–Crippen MR) is 102 cm³/mol. The highest BCUT2D eigenvalue weighted by Gasteiger charge is 2.29. The fourth-order valence-corrected chi connectivity index (χ4v) is 3.52. The summed E-state index contributed by atoms with van der Waals surface area (Å²) in [6, 6.07) is 10.7. The molecule has 1 aliphatic rings. The highest BCUT2D eigenvalue weighted by Crippen LogP contribution is 2.30. The van der Waals surface area contributed by atoms with E-state index in [1.807, 2.05) is 30.7 Å². The van der Waals surface area contributed by atoms with Gasteiger partial charge in [-0.15, -0.1) is 0 Å². The van der Waals surface area contributed by atoms with Gasteiger partial charge < -0.3 is 15.0 Å². The van der Waals surface area contributed by atoms with Crippen molar-refractivity contribution in [2.75, 3.05) is 12.4 Å². The molecule has 3 aromatic heterocycles. The molecule has 0 amide bonds. The Morgan fingerprint density at radius 3 is 3.00 bits per heavy atom. The number of ether oxygens (including phenoxy) is 1. The van der Waals surface area contributed by atoms with Crippen LogP contribution >= 0.6 is 0 Å². The van der Waals surface area contributed by atoms with Crippen LogP contribution < -0.4 is 5.32 Å². The van der Waals surface area contributed by atoms with Crippen molar-refractivity contribution in [2.24, 2.45) is 0 Å². The molecular formula is C20H19N5O. The van der Waals surface area contributed by atoms with Gasteiger partial charge in [0, 0.05) is 48.1 Å². The van der Waals surface area contributed by atoms with E-state index in [0.717, 1.165) is 45.9 Å². The minimum Gasteiger partial charge on any atom is -0.381 e. The lowest BCUT2D eigenvalue weighted by molar-refractivity contribution is 0.0327. The number of methoxy groups -OCH3 is 1. The number of pyridine rings is 1. The normalized spacial score (nSPS) is 19.6. The Morgan fingerprint density at radius 2 is 2.12 bits per heavy atom. The third kappa shape index (κ3) is 2.59. The summed E-state index contributed by atoms with van der Waals surface area (Å²) in [7, 11) is 1.76. The van der Waals surface area contributed by atoms with Crippen molar-refractivity contribution < 1.29 is 4.74 Å². The first kappa shape index (κ1) is 15.3. The van der Waals surface area contributed by atoms with E-state index in [1.165, 1.54) is 0 Å². The Balaban J connectivity index is 1.45. The van der Waals surface area contributed by atoms with E-state index in [1.54, 1.807) is 7.11 Å². The minimum atomic E-state index is 0.357. The molecular weight excluding hydrogens is 326 g/mol. The van der Waals surface area contributed by atoms with Crippen molar-refractivity contribution in [2.45, 2.75) is 25.0 Å². The van der Waals surface area contributed by atoms with Gasteiger partial charge in [0.2, 0.25) is 5.95 Å². The SMILES string of the molecule is COC1CC(Nc2ncc3c(-c4ccc5ncccc5c4)c[nH]c3n2)C1. The number of anilines is 1. The monoisotopic (exact) mass is 345 g/mol. The van der Waals surface area contributed by atoms with Crippen LogP contribution in [0.2, 0.25) is 0 Å². The first-order valence-electron chi connectivity index (χ1n) is 8.79. The number of hydrogen-bond acceptors (Lipinski definition) is 5. The fraction of sp³-hybridized carbons (Fsp3) is 0.250. The van der Waals surface area contributed by atoms with Crippen LogP contribution in [0.15, 0.2) is 48.9 Å². The molecule has 2 N–H and O–H groups in total. The van der Waals surface area contributed by atoms with E-state index in [9.17, 15) is 0 Å². The van der Waals surface area contributed by atoms with Crippen LogP contribution in [0.3, 0.4) is 0 Å². The third-order valence-electron chi connectivity index (χ3n) is 5.11. The van der Waals surface area contributed by atoms with Gasteiger partial charge in [0.1, 0.15) is 5.65 Å². The maximum Gasteiger partial charge on any atom is 0.224 e. The van der Waals surface area contributed by atoms with Gasteiger partial charge >= 0.3 is 0 Å². The second kappa shape index (κ2) is 6.07. The number of H-pyrrole nitrogens is 1. The quantitative estimate of drug-likeness (QED) is 0.589. The van der Waals surface area contributed by atoms with Crippen LogP contribution in [0.25, 0.3) is 33.1 Å². The molecule has 1 saturated carbocycles. The highest BCUT2D eigenvalue weighted by atomic mass is 16.5. The van der Waals surface area contributed by atoms with Gasteiger partial charge in [-0.05, 0) is 36.6 Å². The fourth-order valence-electron chi connectivity index (χ4n) is 3.52. The first-order valence-corrected chi connectivity index (χ1v) is 8.79. The van der Waals surface area contributed by atoms with Crippen LogP contribution in [0.5, 0.6) is 0 Å². The number of nitrogens with zero attached hydrogens (tertiary/aromatic N) is 3. The van der Waals surface area contributed by atoms with E-state index >= 15 is 0 Å². The Kier molecular flexibility index (Phi) is 3.57. The van der Waals surface area contributed by atoms with Gasteiger partial charge in [0.25, 0.3) is 0 Å². The van der Waals surface area contributed by atoms with Crippen molar-refractivity contribution in [3.63, 3.8) is 0 Å². The summed E-state index contributed by atoms with van der Waals surface area (Å²) in [4.78, 5) is 16.8. The zero-order valence-electron chi connectivity index (χ0n) is 14.4. The van der Waals surface area contributed by atoms with E-state index in [2.05, 4.69) is 43.5 Å². The number of benzene rings is 1. The van der Waals surface area contributed by atoms with Gasteiger partial charge in [-0.25, -0.2) is 4.98 Å². The van der Waals surface area contributed by atoms with E-state index in [4.69, 9.17) is 4.74 Å². The molecule has 1 aliphatic carbocycles. The maximum atomic E-state index is 5.32. The maximum absolute atomic E-state index is 5.32. The second-order valence-corrected chi connectivity index (χ2v) is 6.74. The molecule has 6 nitrogen and oxygen atoms in total. The molecule has 26 heavy (non-hydrogen) atoms. The summed E-state index contributed by atoms with van der Waals surface area (Å²) < 4.78 is 5.32. The van der Waals surface area contributed by atoms with Crippen molar-refractivity contribution in [1.29, 1.82) is 0 Å². The Hall–Kier alpha value is -2.99. The lowest BCUT2D eigenvalue weighted by Gasteiger charge is -2.34. The molecule has 0 atom stereocenters. The molecule has 0 saturated heterocycles. The topological polar surface area (TPSA) is 75.7 Å². The van der Waals surface area contributed by atoms with Crippen LogP contribution in [-0.4, -0.2) is 39.2 Å². The number of hydrogen-bond donors (Lipinski definition) is 2. The van der Waals surface area contributed by atoms with E-state index in [0.29, 0.717) is 18.1 Å². The van der Waals surface area contributed by atoms with Crippen LogP contribution in [0.4, 0.5) is 5.95 Å². The molecule has 4 aromatic rings. The lowest BCUT2D eigenvalue weighted by Crippen LogP contribution is -2.40. The summed E-state index contributed by atoms with van der Waals surface area (Å²) in [6.07, 6.45) is 8.04. The van der Waals surface area contributed by atoms with Crippen LogP contribution in [0, 0.1) is 0 Å². The average Bonchev–Trinajstić information content (AvgIpc) is 3.07. The number of aromatic amines is 1. The number of aromatic nitrogens is 4. The highest BCUT2D eigenvalue weighted by molar-refractivity contribution is 5.96. The molecule has 3 heterocycles. The number of rotatable bonds is 4. The standard InChI is InChI=1S/C20H19N5O/c1-26-15-8-14(9-15)24-20-23-11-17-16(10-22-19(17)25-20)12-4-5-18-13(7-12)3-2-6-21-18/h2-7,10-11,14-15H,8-9H2,1H3,(H2,22,23,24,25). The zero-order chi connectivity index (χ0) is 17.5. The average molecular weight is 345 g/mol. The van der Waals surface area contributed by atoms with Crippen molar-refractivity contribution in [3.05, 3.63) is 48.9 Å². The summed E-state index contributed by atoms with van der Waals surface area (Å²) in [5.41, 5.74) is 4.06. The molecule has 0 bridgehead atoms. The molecule has 1 aromatic carbocycles. The number of nitrogens with one attached hydrogen (secondary N) is 2. The van der Waals surface area contributed by atoms with E-state index in [-0.39, 0.29) is 0 Å². The molecule has 0 radical (unpaired) electrons. The molecule has 6 heteroatoms. The second-order valence-electron chi connectivity index (χ2n) is 6.74. The molecule has 1 fully saturated rings. The molecule has 0 aliphatic heterocycles. The van der Waals surface area contributed by atoms with Crippen molar-refractivity contribution in [3.8, 4) is 11.1 Å². The Bertz CT molecular complexity index is 1080.